The van der Waals surface area contributed by atoms with E-state index < -0.39 is 17.9 Å². The molecule has 6 heteroatoms. The van der Waals surface area contributed by atoms with Crippen molar-refractivity contribution in [3.8, 4) is 0 Å². The van der Waals surface area contributed by atoms with Crippen LogP contribution in [0.2, 0.25) is 0 Å². The summed E-state index contributed by atoms with van der Waals surface area (Å²) >= 11 is 0. The first-order valence-electron chi connectivity index (χ1n) is 4.39. The van der Waals surface area contributed by atoms with Gasteiger partial charge in [0.05, 0.1) is 18.7 Å². The Bertz CT molecular complexity index is 357. The highest BCUT2D eigenvalue weighted by atomic mass is 19.4. The van der Waals surface area contributed by atoms with E-state index in [1.54, 1.807) is 0 Å². The van der Waals surface area contributed by atoms with Crippen molar-refractivity contribution in [2.75, 3.05) is 18.0 Å². The Morgan fingerprint density at radius 2 is 2.00 bits per heavy atom. The second kappa shape index (κ2) is 3.36. The van der Waals surface area contributed by atoms with Gasteiger partial charge in [0.15, 0.2) is 0 Å². The lowest BCUT2D eigenvalue weighted by atomic mass is 10.1. The van der Waals surface area contributed by atoms with Crippen molar-refractivity contribution in [1.29, 1.82) is 0 Å². The maximum atomic E-state index is 12.5. The van der Waals surface area contributed by atoms with Gasteiger partial charge in [0.1, 0.15) is 12.0 Å². The highest BCUT2D eigenvalue weighted by molar-refractivity contribution is 5.50. The molecule has 0 aromatic carbocycles. The van der Waals surface area contributed by atoms with Gasteiger partial charge in [-0.25, -0.2) is 9.37 Å². The summed E-state index contributed by atoms with van der Waals surface area (Å²) in [4.78, 5) is 4.93. The number of rotatable bonds is 1. The predicted octanol–water partition coefficient (Wildman–Crippen LogP) is 2.26. The van der Waals surface area contributed by atoms with Crippen molar-refractivity contribution in [2.45, 2.75) is 12.3 Å². The van der Waals surface area contributed by atoms with Crippen LogP contribution in [0.1, 0.15) is 5.56 Å². The molecule has 1 aliphatic rings. The number of hydrogen-bond donors (Lipinski definition) is 0. The fraction of sp³-hybridized carbons (Fsp3) is 0.444. The molecule has 1 aromatic rings. The van der Waals surface area contributed by atoms with Crippen LogP contribution in [0.5, 0.6) is 0 Å². The first-order chi connectivity index (χ1) is 6.98. The molecule has 0 aliphatic carbocycles. The molecule has 1 aliphatic heterocycles. The lowest BCUT2D eigenvalue weighted by Crippen LogP contribution is -2.49. The molecule has 2 heterocycles. The SMILES string of the molecule is FC1CN(c2ncccc2C(F)(F)F)C1. The predicted molar refractivity (Wildman–Crippen MR) is 46.3 cm³/mol. The summed E-state index contributed by atoms with van der Waals surface area (Å²) in [5.41, 5.74) is -0.808. The molecule has 0 spiro atoms. The third kappa shape index (κ3) is 1.88. The largest absolute Gasteiger partial charge is 0.419 e. The third-order valence-electron chi connectivity index (χ3n) is 2.23. The molecule has 0 amide bonds. The zero-order valence-electron chi connectivity index (χ0n) is 7.63. The summed E-state index contributed by atoms with van der Waals surface area (Å²) in [6.45, 7) is -0.0276. The van der Waals surface area contributed by atoms with Gasteiger partial charge in [0.2, 0.25) is 0 Å². The first-order valence-corrected chi connectivity index (χ1v) is 4.39. The van der Waals surface area contributed by atoms with E-state index in [4.69, 9.17) is 0 Å². The van der Waals surface area contributed by atoms with E-state index in [9.17, 15) is 17.6 Å². The topological polar surface area (TPSA) is 16.1 Å². The highest BCUT2D eigenvalue weighted by Gasteiger charge is 2.38. The molecule has 15 heavy (non-hydrogen) atoms. The van der Waals surface area contributed by atoms with E-state index >= 15 is 0 Å². The van der Waals surface area contributed by atoms with Gasteiger partial charge in [0.25, 0.3) is 0 Å². The molecular formula is C9H8F4N2. The average molecular weight is 220 g/mol. The van der Waals surface area contributed by atoms with Crippen LogP contribution in [0.15, 0.2) is 18.3 Å². The Morgan fingerprint density at radius 3 is 2.53 bits per heavy atom. The van der Waals surface area contributed by atoms with Gasteiger partial charge < -0.3 is 4.90 Å². The fourth-order valence-electron chi connectivity index (χ4n) is 1.47. The molecule has 2 rings (SSSR count). The van der Waals surface area contributed by atoms with Gasteiger partial charge >= 0.3 is 6.18 Å². The van der Waals surface area contributed by atoms with Crippen LogP contribution >= 0.6 is 0 Å². The zero-order chi connectivity index (χ0) is 11.1. The minimum absolute atomic E-state index is 0.0138. The number of halogens is 4. The van der Waals surface area contributed by atoms with E-state index in [1.807, 2.05) is 0 Å². The van der Waals surface area contributed by atoms with Crippen LogP contribution in [0.3, 0.4) is 0 Å². The van der Waals surface area contributed by atoms with E-state index in [0.717, 1.165) is 6.07 Å². The molecule has 0 N–H and O–H groups in total. The van der Waals surface area contributed by atoms with Crippen molar-refractivity contribution in [2.24, 2.45) is 0 Å². The number of hydrogen-bond acceptors (Lipinski definition) is 2. The fourth-order valence-corrected chi connectivity index (χ4v) is 1.47. The van der Waals surface area contributed by atoms with Gasteiger partial charge in [-0.2, -0.15) is 13.2 Å². The van der Waals surface area contributed by atoms with Gasteiger partial charge in [-0.15, -0.1) is 0 Å². The van der Waals surface area contributed by atoms with Gasteiger partial charge in [-0.1, -0.05) is 0 Å². The van der Waals surface area contributed by atoms with Crippen LogP contribution in [0, 0.1) is 0 Å². The molecular weight excluding hydrogens is 212 g/mol. The lowest BCUT2D eigenvalue weighted by Gasteiger charge is -2.36. The highest BCUT2D eigenvalue weighted by Crippen LogP contribution is 2.36. The van der Waals surface area contributed by atoms with Crippen molar-refractivity contribution < 1.29 is 17.6 Å². The minimum atomic E-state index is -4.44. The maximum absolute atomic E-state index is 12.5. The minimum Gasteiger partial charge on any atom is -0.350 e. The van der Waals surface area contributed by atoms with Crippen molar-refractivity contribution in [3.63, 3.8) is 0 Å². The number of nitrogens with zero attached hydrogens (tertiary/aromatic N) is 2. The standard InChI is InChI=1S/C9H8F4N2/c10-6-4-15(5-6)8-7(9(11,12)13)2-1-3-14-8/h1-3,6H,4-5H2. The summed E-state index contributed by atoms with van der Waals surface area (Å²) in [6.07, 6.45) is -4.21. The van der Waals surface area contributed by atoms with Crippen molar-refractivity contribution in [1.82, 2.24) is 4.98 Å². The average Bonchev–Trinajstić information content (AvgIpc) is 2.12. The molecule has 1 saturated heterocycles. The lowest BCUT2D eigenvalue weighted by molar-refractivity contribution is -0.137. The molecule has 1 aromatic heterocycles. The number of pyridine rings is 1. The van der Waals surface area contributed by atoms with Crippen LogP contribution in [0.25, 0.3) is 0 Å². The first kappa shape index (κ1) is 10.2. The Kier molecular flexibility index (Phi) is 2.28. The molecule has 0 radical (unpaired) electrons. The maximum Gasteiger partial charge on any atom is 0.419 e. The van der Waals surface area contributed by atoms with Crippen LogP contribution in [0.4, 0.5) is 23.4 Å². The van der Waals surface area contributed by atoms with E-state index in [-0.39, 0.29) is 18.9 Å². The smallest absolute Gasteiger partial charge is 0.350 e. The van der Waals surface area contributed by atoms with E-state index in [2.05, 4.69) is 4.98 Å². The molecule has 0 atom stereocenters. The normalized spacial score (nSPS) is 17.7. The second-order valence-corrected chi connectivity index (χ2v) is 3.37. The molecule has 0 bridgehead atoms. The summed E-state index contributed by atoms with van der Waals surface area (Å²) < 4.78 is 50.0. The Labute approximate surface area is 83.5 Å². The summed E-state index contributed by atoms with van der Waals surface area (Å²) in [5, 5.41) is 0. The molecule has 0 unspecified atom stereocenters. The summed E-state index contributed by atoms with van der Waals surface area (Å²) in [7, 11) is 0. The number of anilines is 1. The van der Waals surface area contributed by atoms with Crippen LogP contribution < -0.4 is 4.90 Å². The zero-order valence-corrected chi connectivity index (χ0v) is 7.63. The monoisotopic (exact) mass is 220 g/mol. The molecule has 82 valence electrons. The van der Waals surface area contributed by atoms with Crippen molar-refractivity contribution in [3.05, 3.63) is 23.9 Å². The van der Waals surface area contributed by atoms with E-state index in [1.165, 1.54) is 17.2 Å². The molecule has 1 fully saturated rings. The Balaban J connectivity index is 2.31. The van der Waals surface area contributed by atoms with Gasteiger partial charge in [-0.3, -0.25) is 0 Å². The summed E-state index contributed by atoms with van der Waals surface area (Å²) in [5.74, 6) is -0.182. The quantitative estimate of drug-likeness (QED) is 0.675. The number of aromatic nitrogens is 1. The van der Waals surface area contributed by atoms with Crippen molar-refractivity contribution >= 4 is 5.82 Å². The second-order valence-electron chi connectivity index (χ2n) is 3.37. The third-order valence-corrected chi connectivity index (χ3v) is 2.23. The number of alkyl halides is 4. The Hall–Kier alpha value is -1.33. The summed E-state index contributed by atoms with van der Waals surface area (Å²) in [6, 6.07) is 2.17. The molecule has 2 nitrogen and oxygen atoms in total. The van der Waals surface area contributed by atoms with E-state index in [0.29, 0.717) is 0 Å². The van der Waals surface area contributed by atoms with Gasteiger partial charge in [-0.05, 0) is 12.1 Å². The van der Waals surface area contributed by atoms with Crippen LogP contribution in [-0.4, -0.2) is 24.2 Å². The Morgan fingerprint density at radius 1 is 1.33 bits per heavy atom. The van der Waals surface area contributed by atoms with Gasteiger partial charge in [0, 0.05) is 6.20 Å². The molecule has 0 saturated carbocycles. The van der Waals surface area contributed by atoms with Crippen LogP contribution in [-0.2, 0) is 6.18 Å².